The van der Waals surface area contributed by atoms with Crippen LogP contribution < -0.4 is 19.8 Å². The number of anilines is 1. The van der Waals surface area contributed by atoms with Gasteiger partial charge in [-0.25, -0.2) is 0 Å². The van der Waals surface area contributed by atoms with Gasteiger partial charge in [-0.2, -0.15) is 0 Å². The molecule has 2 aliphatic heterocycles. The number of rotatable bonds is 7. The van der Waals surface area contributed by atoms with Gasteiger partial charge in [-0.3, -0.25) is 14.4 Å². The second-order valence-corrected chi connectivity index (χ2v) is 11.1. The minimum atomic E-state index is -1.69. The summed E-state index contributed by atoms with van der Waals surface area (Å²) in [7, 11) is 3.14. The lowest BCUT2D eigenvalue weighted by Gasteiger charge is -2.34. The number of ether oxygens (including phenoxy) is 2. The van der Waals surface area contributed by atoms with E-state index in [-0.39, 0.29) is 35.7 Å². The molecule has 0 saturated carbocycles. The van der Waals surface area contributed by atoms with Gasteiger partial charge < -0.3 is 23.7 Å². The van der Waals surface area contributed by atoms with Crippen molar-refractivity contribution in [1.29, 1.82) is 0 Å². The molecular weight excluding hydrogens is 556 g/mol. The van der Waals surface area contributed by atoms with Gasteiger partial charge in [0, 0.05) is 12.1 Å². The highest BCUT2D eigenvalue weighted by Crippen LogP contribution is 2.53. The van der Waals surface area contributed by atoms with E-state index in [1.807, 2.05) is 73.7 Å². The normalized spacial score (nSPS) is 17.0. The van der Waals surface area contributed by atoms with Gasteiger partial charge in [0.2, 0.25) is 5.76 Å². The number of aryl methyl sites for hydroxylation is 1. The molecule has 5 aromatic rings. The van der Waals surface area contributed by atoms with E-state index >= 15 is 4.79 Å². The lowest BCUT2D eigenvalue weighted by atomic mass is 9.83. The Balaban J connectivity index is 1.42. The number of methoxy groups -OCH3 is 2. The van der Waals surface area contributed by atoms with E-state index in [0.717, 1.165) is 16.7 Å². The van der Waals surface area contributed by atoms with Crippen LogP contribution in [0.15, 0.2) is 100 Å². The van der Waals surface area contributed by atoms with E-state index in [9.17, 15) is 9.59 Å². The van der Waals surface area contributed by atoms with Gasteiger partial charge in [0.1, 0.15) is 5.58 Å². The molecule has 0 fully saturated rings. The standard InChI is InChI=1S/C36H30N2O6/c1-22-10-4-5-11-24(22)21-37-27-14-8-7-13-26(27)36(35(37)41)31-32(39)25-12-6-9-15-28(25)44-33(31)34(40)38(36)19-18-23-16-17-29(42-2)30(20-23)43-3/h4-17,20H,18-19,21H2,1-3H3. The summed E-state index contributed by atoms with van der Waals surface area (Å²) in [5.74, 6) is 0.200. The zero-order valence-electron chi connectivity index (χ0n) is 24.6. The predicted octanol–water partition coefficient (Wildman–Crippen LogP) is 5.61. The molecule has 1 spiro atoms. The van der Waals surface area contributed by atoms with Gasteiger partial charge in [-0.05, 0) is 60.4 Å². The molecule has 2 amide bonds. The number of fused-ring (bicyclic) bond motifs is 5. The van der Waals surface area contributed by atoms with Crippen LogP contribution in [0.5, 0.6) is 11.5 Å². The minimum Gasteiger partial charge on any atom is -0.493 e. The van der Waals surface area contributed by atoms with Crippen molar-refractivity contribution in [2.75, 3.05) is 25.7 Å². The van der Waals surface area contributed by atoms with Gasteiger partial charge >= 0.3 is 0 Å². The van der Waals surface area contributed by atoms with Crippen molar-refractivity contribution in [2.24, 2.45) is 0 Å². The van der Waals surface area contributed by atoms with E-state index in [2.05, 4.69) is 0 Å². The highest BCUT2D eigenvalue weighted by molar-refractivity contribution is 6.17. The van der Waals surface area contributed by atoms with Gasteiger partial charge in [0.05, 0.1) is 37.4 Å². The van der Waals surface area contributed by atoms with Crippen LogP contribution in [0, 0.1) is 6.92 Å². The van der Waals surface area contributed by atoms with Crippen LogP contribution in [0.25, 0.3) is 11.0 Å². The zero-order valence-corrected chi connectivity index (χ0v) is 24.6. The van der Waals surface area contributed by atoms with E-state index in [0.29, 0.717) is 40.1 Å². The monoisotopic (exact) mass is 586 g/mol. The lowest BCUT2D eigenvalue weighted by molar-refractivity contribution is -0.126. The summed E-state index contributed by atoms with van der Waals surface area (Å²) >= 11 is 0. The van der Waals surface area contributed by atoms with Crippen molar-refractivity contribution in [2.45, 2.75) is 25.4 Å². The number of amides is 2. The molecule has 0 aliphatic carbocycles. The van der Waals surface area contributed by atoms with Crippen molar-refractivity contribution in [3.8, 4) is 11.5 Å². The maximum absolute atomic E-state index is 15.0. The Bertz CT molecular complexity index is 2030. The fraction of sp³-hybridized carbons (Fsp3) is 0.194. The van der Waals surface area contributed by atoms with Gasteiger partial charge in [-0.1, -0.05) is 60.7 Å². The number of benzene rings is 4. The molecule has 3 heterocycles. The molecular formula is C36H30N2O6. The van der Waals surface area contributed by atoms with Crippen LogP contribution in [0.3, 0.4) is 0 Å². The number of carbonyl (C=O) groups excluding carboxylic acids is 2. The van der Waals surface area contributed by atoms with Crippen molar-refractivity contribution in [3.63, 3.8) is 0 Å². The first-order valence-electron chi connectivity index (χ1n) is 14.4. The summed E-state index contributed by atoms with van der Waals surface area (Å²) < 4.78 is 17.1. The van der Waals surface area contributed by atoms with Crippen LogP contribution in [0.4, 0.5) is 5.69 Å². The molecule has 7 rings (SSSR count). The molecule has 0 bridgehead atoms. The number of para-hydroxylation sites is 2. The molecule has 1 unspecified atom stereocenters. The van der Waals surface area contributed by atoms with Crippen LogP contribution in [-0.2, 0) is 23.3 Å². The second kappa shape index (κ2) is 10.4. The number of nitrogens with zero attached hydrogens (tertiary/aromatic N) is 2. The third kappa shape index (κ3) is 3.87. The topological polar surface area (TPSA) is 89.3 Å². The van der Waals surface area contributed by atoms with E-state index in [1.165, 1.54) is 4.90 Å². The third-order valence-electron chi connectivity index (χ3n) is 8.80. The Morgan fingerprint density at radius 1 is 0.818 bits per heavy atom. The lowest BCUT2D eigenvalue weighted by Crippen LogP contribution is -2.53. The first-order chi connectivity index (χ1) is 21.4. The largest absolute Gasteiger partial charge is 0.493 e. The van der Waals surface area contributed by atoms with Crippen molar-refractivity contribution < 1.29 is 23.5 Å². The average molecular weight is 587 g/mol. The number of carbonyl (C=O) groups is 2. The van der Waals surface area contributed by atoms with Crippen molar-refractivity contribution in [1.82, 2.24) is 4.90 Å². The van der Waals surface area contributed by atoms with E-state index in [4.69, 9.17) is 13.9 Å². The quantitative estimate of drug-likeness (QED) is 0.246. The predicted molar refractivity (Wildman–Crippen MR) is 166 cm³/mol. The highest BCUT2D eigenvalue weighted by atomic mass is 16.5. The Labute approximate surface area is 254 Å². The molecule has 2 aliphatic rings. The maximum Gasteiger partial charge on any atom is 0.291 e. The third-order valence-corrected chi connectivity index (χ3v) is 8.80. The first-order valence-corrected chi connectivity index (χ1v) is 14.4. The minimum absolute atomic E-state index is 0.0678. The van der Waals surface area contributed by atoms with Crippen LogP contribution in [-0.4, -0.2) is 37.5 Å². The van der Waals surface area contributed by atoms with Crippen LogP contribution >= 0.6 is 0 Å². The molecule has 0 saturated heterocycles. The molecule has 44 heavy (non-hydrogen) atoms. The molecule has 8 nitrogen and oxygen atoms in total. The molecule has 8 heteroatoms. The Morgan fingerprint density at radius 2 is 1.55 bits per heavy atom. The Hall–Kier alpha value is -5.37. The van der Waals surface area contributed by atoms with Crippen molar-refractivity contribution in [3.05, 3.63) is 135 Å². The molecule has 1 aromatic heterocycles. The molecule has 0 radical (unpaired) electrons. The summed E-state index contributed by atoms with van der Waals surface area (Å²) in [4.78, 5) is 46.9. The second-order valence-electron chi connectivity index (χ2n) is 11.1. The molecule has 1 atom stereocenters. The van der Waals surface area contributed by atoms with E-state index < -0.39 is 11.4 Å². The van der Waals surface area contributed by atoms with Crippen LogP contribution in [0.2, 0.25) is 0 Å². The van der Waals surface area contributed by atoms with Crippen LogP contribution in [0.1, 0.15) is 38.4 Å². The fourth-order valence-electron chi connectivity index (χ4n) is 6.63. The molecule has 4 aromatic carbocycles. The summed E-state index contributed by atoms with van der Waals surface area (Å²) in [5.41, 5.74) is 2.43. The SMILES string of the molecule is COc1ccc(CCN2C(=O)c3oc4ccccc4c(=O)c3C23C(=O)N(Cc2ccccc2C)c2ccccc23)cc1OC. The number of hydrogen-bond acceptors (Lipinski definition) is 6. The van der Waals surface area contributed by atoms with Gasteiger partial charge in [0.15, 0.2) is 22.5 Å². The van der Waals surface area contributed by atoms with Crippen molar-refractivity contribution >= 4 is 28.5 Å². The Morgan fingerprint density at radius 3 is 2.34 bits per heavy atom. The maximum atomic E-state index is 15.0. The molecule has 0 N–H and O–H groups in total. The zero-order chi connectivity index (χ0) is 30.6. The molecule has 220 valence electrons. The fourth-order valence-corrected chi connectivity index (χ4v) is 6.63. The highest BCUT2D eigenvalue weighted by Gasteiger charge is 2.64. The summed E-state index contributed by atoms with van der Waals surface area (Å²) in [5, 5.41) is 0.322. The summed E-state index contributed by atoms with van der Waals surface area (Å²) in [6, 6.07) is 27.7. The Kier molecular flexibility index (Phi) is 6.50. The van der Waals surface area contributed by atoms with Gasteiger partial charge in [0.25, 0.3) is 11.8 Å². The summed E-state index contributed by atoms with van der Waals surface area (Å²) in [6.45, 7) is 2.44. The average Bonchev–Trinajstić information content (AvgIpc) is 3.44. The number of hydrogen-bond donors (Lipinski definition) is 0. The first kappa shape index (κ1) is 27.5. The van der Waals surface area contributed by atoms with Gasteiger partial charge in [-0.15, -0.1) is 0 Å². The summed E-state index contributed by atoms with van der Waals surface area (Å²) in [6.07, 6.45) is 0.392. The smallest absolute Gasteiger partial charge is 0.291 e. The van der Waals surface area contributed by atoms with E-state index in [1.54, 1.807) is 43.4 Å².